The van der Waals surface area contributed by atoms with Gasteiger partial charge in [-0.1, -0.05) is 52.4 Å². The van der Waals surface area contributed by atoms with Crippen LogP contribution in [-0.4, -0.2) is 9.97 Å². The Morgan fingerprint density at radius 3 is 2.24 bits per heavy atom. The average molecular weight is 288 g/mol. The van der Waals surface area contributed by atoms with E-state index in [-0.39, 0.29) is 0 Å². The highest BCUT2D eigenvalue weighted by Gasteiger charge is 2.23. The minimum atomic E-state index is 0.618. The van der Waals surface area contributed by atoms with Crippen LogP contribution in [0.5, 0.6) is 0 Å². The molecule has 0 saturated heterocycles. The van der Waals surface area contributed by atoms with Crippen LogP contribution in [-0.2, 0) is 6.42 Å². The Morgan fingerprint density at radius 1 is 0.905 bits per heavy atom. The van der Waals surface area contributed by atoms with E-state index in [1.54, 1.807) is 0 Å². The first kappa shape index (κ1) is 16.5. The van der Waals surface area contributed by atoms with Crippen molar-refractivity contribution >= 4 is 0 Å². The van der Waals surface area contributed by atoms with Gasteiger partial charge in [0.2, 0.25) is 0 Å². The first-order valence-corrected chi connectivity index (χ1v) is 9.14. The van der Waals surface area contributed by atoms with Gasteiger partial charge in [0.15, 0.2) is 0 Å². The molecule has 0 bridgehead atoms. The smallest absolute Gasteiger partial charge is 0.131 e. The topological polar surface area (TPSA) is 25.8 Å². The van der Waals surface area contributed by atoms with Crippen LogP contribution < -0.4 is 0 Å². The number of hydrogen-bond acceptors (Lipinski definition) is 2. The van der Waals surface area contributed by atoms with Gasteiger partial charge in [0, 0.05) is 18.3 Å². The summed E-state index contributed by atoms with van der Waals surface area (Å²) in [6.07, 6.45) is 18.8. The molecule has 1 aromatic heterocycles. The van der Waals surface area contributed by atoms with Gasteiger partial charge in [-0.25, -0.2) is 9.97 Å². The molecule has 0 spiro atoms. The van der Waals surface area contributed by atoms with Crippen molar-refractivity contribution in [3.05, 3.63) is 23.8 Å². The summed E-state index contributed by atoms with van der Waals surface area (Å²) in [5.41, 5.74) is 1.28. The fourth-order valence-corrected chi connectivity index (χ4v) is 3.56. The lowest BCUT2D eigenvalue weighted by atomic mass is 9.79. The van der Waals surface area contributed by atoms with E-state index in [2.05, 4.69) is 23.8 Å². The lowest BCUT2D eigenvalue weighted by Crippen LogP contribution is -2.15. The van der Waals surface area contributed by atoms with Gasteiger partial charge in [0.05, 0.1) is 0 Å². The third-order valence-corrected chi connectivity index (χ3v) is 4.94. The van der Waals surface area contributed by atoms with Gasteiger partial charge < -0.3 is 0 Å². The summed E-state index contributed by atoms with van der Waals surface area (Å²) in [5.74, 6) is 2.68. The van der Waals surface area contributed by atoms with Crippen molar-refractivity contribution in [3.63, 3.8) is 0 Å². The first-order valence-electron chi connectivity index (χ1n) is 9.14. The number of rotatable bonds is 8. The molecule has 21 heavy (non-hydrogen) atoms. The molecule has 1 aliphatic carbocycles. The largest absolute Gasteiger partial charge is 0.241 e. The highest BCUT2D eigenvalue weighted by atomic mass is 14.9. The summed E-state index contributed by atoms with van der Waals surface area (Å²) in [4.78, 5) is 9.24. The molecule has 118 valence electrons. The average Bonchev–Trinajstić information content (AvgIpc) is 2.53. The van der Waals surface area contributed by atoms with E-state index in [9.17, 15) is 0 Å². The van der Waals surface area contributed by atoms with Crippen LogP contribution in [0.15, 0.2) is 12.4 Å². The molecule has 1 aliphatic rings. The molecule has 1 aromatic rings. The van der Waals surface area contributed by atoms with Crippen LogP contribution in [0.4, 0.5) is 0 Å². The van der Waals surface area contributed by atoms with E-state index < -0.39 is 0 Å². The van der Waals surface area contributed by atoms with Gasteiger partial charge in [0.25, 0.3) is 0 Å². The quantitative estimate of drug-likeness (QED) is 0.576. The molecule has 1 saturated carbocycles. The molecule has 0 N–H and O–H groups in total. The van der Waals surface area contributed by atoms with Gasteiger partial charge in [-0.3, -0.25) is 0 Å². The van der Waals surface area contributed by atoms with E-state index in [4.69, 9.17) is 0 Å². The molecule has 1 heterocycles. The maximum atomic E-state index is 4.62. The molecule has 2 heteroatoms. The molecule has 2 rings (SSSR count). The van der Waals surface area contributed by atoms with Gasteiger partial charge in [-0.05, 0) is 43.6 Å². The first-order chi connectivity index (χ1) is 10.3. The van der Waals surface area contributed by atoms with Crippen molar-refractivity contribution in [3.8, 4) is 0 Å². The molecule has 0 amide bonds. The Kier molecular flexibility index (Phi) is 7.18. The van der Waals surface area contributed by atoms with Crippen molar-refractivity contribution in [1.82, 2.24) is 9.97 Å². The van der Waals surface area contributed by atoms with Crippen molar-refractivity contribution in [2.45, 2.75) is 90.4 Å². The molecule has 0 atom stereocenters. The van der Waals surface area contributed by atoms with Gasteiger partial charge in [-0.2, -0.15) is 0 Å². The fraction of sp³-hybridized carbons (Fsp3) is 0.789. The molecule has 0 aromatic carbocycles. The summed E-state index contributed by atoms with van der Waals surface area (Å²) >= 11 is 0. The van der Waals surface area contributed by atoms with Crippen LogP contribution in [0, 0.1) is 5.92 Å². The Hall–Kier alpha value is -0.920. The van der Waals surface area contributed by atoms with Gasteiger partial charge >= 0.3 is 0 Å². The minimum absolute atomic E-state index is 0.618. The second-order valence-corrected chi connectivity index (χ2v) is 6.77. The Balaban J connectivity index is 1.73. The number of hydrogen-bond donors (Lipinski definition) is 0. The second-order valence-electron chi connectivity index (χ2n) is 6.77. The van der Waals surface area contributed by atoms with E-state index in [1.165, 1.54) is 69.8 Å². The van der Waals surface area contributed by atoms with Gasteiger partial charge in [-0.15, -0.1) is 0 Å². The number of unbranched alkanes of at least 4 members (excludes halogenated alkanes) is 3. The predicted octanol–water partition coefficient (Wildman–Crippen LogP) is 5.67. The molecule has 1 fully saturated rings. The van der Waals surface area contributed by atoms with Crippen LogP contribution in [0.25, 0.3) is 0 Å². The SMILES string of the molecule is CCCCCC[C@H]1CC[C@H](c2ncc(CCC)cn2)CC1. The van der Waals surface area contributed by atoms with E-state index in [0.717, 1.165) is 18.2 Å². The number of aromatic nitrogens is 2. The van der Waals surface area contributed by atoms with E-state index in [0.29, 0.717) is 5.92 Å². The molecular formula is C19H32N2. The zero-order valence-electron chi connectivity index (χ0n) is 14.0. The highest BCUT2D eigenvalue weighted by Crippen LogP contribution is 2.36. The second kappa shape index (κ2) is 9.17. The third-order valence-electron chi connectivity index (χ3n) is 4.94. The number of aryl methyl sites for hydroxylation is 1. The van der Waals surface area contributed by atoms with Gasteiger partial charge in [0.1, 0.15) is 5.82 Å². The molecule has 0 aliphatic heterocycles. The summed E-state index contributed by atoms with van der Waals surface area (Å²) in [6, 6.07) is 0. The molecular weight excluding hydrogens is 256 g/mol. The van der Waals surface area contributed by atoms with Crippen LogP contribution in [0.2, 0.25) is 0 Å². The van der Waals surface area contributed by atoms with Crippen LogP contribution in [0.3, 0.4) is 0 Å². The summed E-state index contributed by atoms with van der Waals surface area (Å²) < 4.78 is 0. The fourth-order valence-electron chi connectivity index (χ4n) is 3.56. The Bertz CT molecular complexity index is 377. The third kappa shape index (κ3) is 5.41. The number of nitrogens with zero attached hydrogens (tertiary/aromatic N) is 2. The molecule has 0 radical (unpaired) electrons. The molecule has 2 nitrogen and oxygen atoms in total. The Morgan fingerprint density at radius 2 is 1.62 bits per heavy atom. The maximum absolute atomic E-state index is 4.62. The standard InChI is InChI=1S/C19H32N2/c1-3-5-6-7-9-16-10-12-18(13-11-16)19-20-14-17(8-4-2)15-21-19/h14-16,18H,3-13H2,1-2H3/t16-,18-. The van der Waals surface area contributed by atoms with E-state index in [1.807, 2.05) is 12.4 Å². The summed E-state index contributed by atoms with van der Waals surface area (Å²) in [6.45, 7) is 4.49. The van der Waals surface area contributed by atoms with Crippen molar-refractivity contribution in [1.29, 1.82) is 0 Å². The molecule has 0 unspecified atom stereocenters. The zero-order valence-corrected chi connectivity index (χ0v) is 14.0. The Labute approximate surface area is 130 Å². The maximum Gasteiger partial charge on any atom is 0.131 e. The lowest BCUT2D eigenvalue weighted by molar-refractivity contribution is 0.296. The van der Waals surface area contributed by atoms with E-state index >= 15 is 0 Å². The summed E-state index contributed by atoms with van der Waals surface area (Å²) in [7, 11) is 0. The predicted molar refractivity (Wildman–Crippen MR) is 89.5 cm³/mol. The normalized spacial score (nSPS) is 22.4. The van der Waals surface area contributed by atoms with Crippen LogP contribution >= 0.6 is 0 Å². The van der Waals surface area contributed by atoms with Crippen molar-refractivity contribution < 1.29 is 0 Å². The minimum Gasteiger partial charge on any atom is -0.241 e. The van der Waals surface area contributed by atoms with Crippen LogP contribution in [0.1, 0.15) is 95.4 Å². The lowest BCUT2D eigenvalue weighted by Gasteiger charge is -2.27. The monoisotopic (exact) mass is 288 g/mol. The van der Waals surface area contributed by atoms with Crippen molar-refractivity contribution in [2.24, 2.45) is 5.92 Å². The van der Waals surface area contributed by atoms with Crippen molar-refractivity contribution in [2.75, 3.05) is 0 Å². The summed E-state index contributed by atoms with van der Waals surface area (Å²) in [5, 5.41) is 0. The highest BCUT2D eigenvalue weighted by molar-refractivity contribution is 5.08. The zero-order chi connectivity index (χ0) is 14.9.